The van der Waals surface area contributed by atoms with Crippen molar-refractivity contribution in [2.24, 2.45) is 5.73 Å². The van der Waals surface area contributed by atoms with E-state index in [1.165, 1.54) is 6.07 Å². The van der Waals surface area contributed by atoms with Crippen LogP contribution < -0.4 is 11.1 Å². The third-order valence-corrected chi connectivity index (χ3v) is 2.72. The maximum absolute atomic E-state index is 13.4. The van der Waals surface area contributed by atoms with Gasteiger partial charge in [-0.25, -0.2) is 9.37 Å². The van der Waals surface area contributed by atoms with Crippen LogP contribution in [0.4, 0.5) is 15.9 Å². The Morgan fingerprint density at radius 2 is 2.11 bits per heavy atom. The molecule has 0 bridgehead atoms. The Bertz CT molecular complexity index is 599. The van der Waals surface area contributed by atoms with E-state index in [-0.39, 0.29) is 5.82 Å². The standard InChI is InChI=1S/C13H12FN3S/c1-8-2-3-10(7-11(8)14)17-12-6-9(13(15)18)4-5-16-12/h2-7H,1H3,(H2,15,18)(H,16,17). The summed E-state index contributed by atoms with van der Waals surface area (Å²) < 4.78 is 13.4. The molecule has 0 atom stereocenters. The molecule has 5 heteroatoms. The van der Waals surface area contributed by atoms with Crippen LogP contribution in [-0.2, 0) is 0 Å². The number of nitrogens with one attached hydrogen (secondary N) is 1. The second kappa shape index (κ2) is 5.10. The molecule has 0 unspecified atom stereocenters. The minimum atomic E-state index is -0.259. The maximum Gasteiger partial charge on any atom is 0.130 e. The molecule has 0 aliphatic rings. The second-order valence-corrected chi connectivity index (χ2v) is 4.32. The molecule has 0 saturated heterocycles. The van der Waals surface area contributed by atoms with E-state index < -0.39 is 0 Å². The fraction of sp³-hybridized carbons (Fsp3) is 0.0769. The first-order valence-electron chi connectivity index (χ1n) is 5.35. The summed E-state index contributed by atoms with van der Waals surface area (Å²) >= 11 is 4.89. The lowest BCUT2D eigenvalue weighted by Crippen LogP contribution is -2.09. The summed E-state index contributed by atoms with van der Waals surface area (Å²) in [7, 11) is 0. The Kier molecular flexibility index (Phi) is 3.53. The molecule has 18 heavy (non-hydrogen) atoms. The quantitative estimate of drug-likeness (QED) is 0.834. The number of aromatic nitrogens is 1. The Morgan fingerprint density at radius 3 is 2.78 bits per heavy atom. The lowest BCUT2D eigenvalue weighted by atomic mass is 10.2. The molecule has 2 aromatic rings. The van der Waals surface area contributed by atoms with Crippen LogP contribution in [0.15, 0.2) is 36.5 Å². The number of nitrogens with two attached hydrogens (primary N) is 1. The number of thiocarbonyl (C=S) groups is 1. The van der Waals surface area contributed by atoms with E-state index >= 15 is 0 Å². The zero-order chi connectivity index (χ0) is 13.1. The molecule has 1 aromatic heterocycles. The van der Waals surface area contributed by atoms with Crippen LogP contribution in [0.1, 0.15) is 11.1 Å². The number of nitrogens with zero attached hydrogens (tertiary/aromatic N) is 1. The van der Waals surface area contributed by atoms with E-state index in [1.807, 2.05) is 0 Å². The molecule has 0 fully saturated rings. The molecule has 0 spiro atoms. The number of hydrogen-bond donors (Lipinski definition) is 2. The first kappa shape index (κ1) is 12.4. The maximum atomic E-state index is 13.4. The van der Waals surface area contributed by atoms with Crippen molar-refractivity contribution in [2.45, 2.75) is 6.92 Å². The third-order valence-electron chi connectivity index (χ3n) is 2.49. The fourth-order valence-corrected chi connectivity index (χ4v) is 1.60. The number of pyridine rings is 1. The zero-order valence-electron chi connectivity index (χ0n) is 9.77. The second-order valence-electron chi connectivity index (χ2n) is 3.88. The van der Waals surface area contributed by atoms with Crippen LogP contribution in [0.3, 0.4) is 0 Å². The van der Waals surface area contributed by atoms with Gasteiger partial charge < -0.3 is 11.1 Å². The van der Waals surface area contributed by atoms with Gasteiger partial charge in [0.1, 0.15) is 16.6 Å². The van der Waals surface area contributed by atoms with Crippen molar-refractivity contribution in [1.82, 2.24) is 4.98 Å². The Hall–Kier alpha value is -2.01. The van der Waals surface area contributed by atoms with Crippen molar-refractivity contribution in [3.63, 3.8) is 0 Å². The van der Waals surface area contributed by atoms with Gasteiger partial charge in [0, 0.05) is 17.4 Å². The smallest absolute Gasteiger partial charge is 0.130 e. The molecule has 1 aromatic carbocycles. The molecule has 3 N–H and O–H groups in total. The van der Waals surface area contributed by atoms with Crippen molar-refractivity contribution in [1.29, 1.82) is 0 Å². The summed E-state index contributed by atoms with van der Waals surface area (Å²) in [6.45, 7) is 1.71. The third kappa shape index (κ3) is 2.81. The molecular weight excluding hydrogens is 249 g/mol. The molecular formula is C13H12FN3S. The summed E-state index contributed by atoms with van der Waals surface area (Å²) in [5.74, 6) is 0.314. The minimum Gasteiger partial charge on any atom is -0.389 e. The van der Waals surface area contributed by atoms with Gasteiger partial charge in [0.15, 0.2) is 0 Å². The Balaban J connectivity index is 2.25. The highest BCUT2D eigenvalue weighted by atomic mass is 32.1. The van der Waals surface area contributed by atoms with E-state index in [4.69, 9.17) is 18.0 Å². The van der Waals surface area contributed by atoms with Crippen LogP contribution in [0.2, 0.25) is 0 Å². The fourth-order valence-electron chi connectivity index (χ4n) is 1.47. The number of benzene rings is 1. The average Bonchev–Trinajstić information content (AvgIpc) is 2.34. The van der Waals surface area contributed by atoms with E-state index in [0.717, 1.165) is 5.56 Å². The monoisotopic (exact) mass is 261 g/mol. The van der Waals surface area contributed by atoms with Gasteiger partial charge in [-0.1, -0.05) is 18.3 Å². The summed E-state index contributed by atoms with van der Waals surface area (Å²) in [4.78, 5) is 4.42. The zero-order valence-corrected chi connectivity index (χ0v) is 10.6. The van der Waals surface area contributed by atoms with Gasteiger partial charge in [-0.15, -0.1) is 0 Å². The number of hydrogen-bond acceptors (Lipinski definition) is 3. The Morgan fingerprint density at radius 1 is 1.33 bits per heavy atom. The van der Waals surface area contributed by atoms with Crippen LogP contribution in [0, 0.1) is 12.7 Å². The van der Waals surface area contributed by atoms with Gasteiger partial charge >= 0.3 is 0 Å². The lowest BCUT2D eigenvalue weighted by molar-refractivity contribution is 0.619. The predicted octanol–water partition coefficient (Wildman–Crippen LogP) is 2.91. The van der Waals surface area contributed by atoms with E-state index in [2.05, 4.69) is 10.3 Å². The van der Waals surface area contributed by atoms with Gasteiger partial charge in [0.25, 0.3) is 0 Å². The van der Waals surface area contributed by atoms with Gasteiger partial charge in [-0.2, -0.15) is 0 Å². The molecule has 3 nitrogen and oxygen atoms in total. The van der Waals surface area contributed by atoms with Crippen molar-refractivity contribution in [2.75, 3.05) is 5.32 Å². The summed E-state index contributed by atoms with van der Waals surface area (Å²) in [6, 6.07) is 8.36. The van der Waals surface area contributed by atoms with Crippen LogP contribution in [0.25, 0.3) is 0 Å². The molecule has 0 aliphatic heterocycles. The lowest BCUT2D eigenvalue weighted by Gasteiger charge is -2.07. The van der Waals surface area contributed by atoms with Gasteiger partial charge in [0.2, 0.25) is 0 Å². The van der Waals surface area contributed by atoms with E-state index in [0.29, 0.717) is 22.1 Å². The normalized spacial score (nSPS) is 10.1. The highest BCUT2D eigenvalue weighted by Gasteiger charge is 2.02. The van der Waals surface area contributed by atoms with E-state index in [1.54, 1.807) is 37.4 Å². The average molecular weight is 261 g/mol. The molecule has 92 valence electrons. The number of halogens is 1. The topological polar surface area (TPSA) is 50.9 Å². The molecule has 1 heterocycles. The Labute approximate surface area is 110 Å². The first-order valence-corrected chi connectivity index (χ1v) is 5.76. The molecule has 0 radical (unpaired) electrons. The van der Waals surface area contributed by atoms with E-state index in [9.17, 15) is 4.39 Å². The molecule has 0 amide bonds. The van der Waals surface area contributed by atoms with Crippen LogP contribution in [-0.4, -0.2) is 9.97 Å². The van der Waals surface area contributed by atoms with Crippen molar-refractivity contribution in [3.8, 4) is 0 Å². The van der Waals surface area contributed by atoms with Crippen molar-refractivity contribution < 1.29 is 4.39 Å². The SMILES string of the molecule is Cc1ccc(Nc2cc(C(N)=S)ccn2)cc1F. The minimum absolute atomic E-state index is 0.259. The van der Waals surface area contributed by atoms with Crippen LogP contribution >= 0.6 is 12.2 Å². The summed E-state index contributed by atoms with van der Waals surface area (Å²) in [6.07, 6.45) is 1.60. The first-order chi connectivity index (χ1) is 8.56. The highest BCUT2D eigenvalue weighted by Crippen LogP contribution is 2.18. The van der Waals surface area contributed by atoms with Gasteiger partial charge in [-0.05, 0) is 36.8 Å². The van der Waals surface area contributed by atoms with Crippen molar-refractivity contribution in [3.05, 3.63) is 53.5 Å². The summed E-state index contributed by atoms with van der Waals surface area (Å²) in [5, 5.41) is 3.00. The predicted molar refractivity (Wildman–Crippen MR) is 74.5 cm³/mol. The molecule has 0 saturated carbocycles. The van der Waals surface area contributed by atoms with Crippen LogP contribution in [0.5, 0.6) is 0 Å². The highest BCUT2D eigenvalue weighted by molar-refractivity contribution is 7.80. The number of rotatable bonds is 3. The van der Waals surface area contributed by atoms with Crippen molar-refractivity contribution >= 4 is 28.7 Å². The summed E-state index contributed by atoms with van der Waals surface area (Å²) in [5.41, 5.74) is 7.49. The largest absolute Gasteiger partial charge is 0.389 e. The number of aryl methyl sites for hydroxylation is 1. The molecule has 2 rings (SSSR count). The van der Waals surface area contributed by atoms with Gasteiger partial charge in [0.05, 0.1) is 0 Å². The molecule has 0 aliphatic carbocycles. The number of anilines is 2. The van der Waals surface area contributed by atoms with Gasteiger partial charge in [-0.3, -0.25) is 0 Å².